The Morgan fingerprint density at radius 1 is 1.38 bits per heavy atom. The van der Waals surface area contributed by atoms with E-state index in [1.807, 2.05) is 6.21 Å². The molecule has 0 aromatic heterocycles. The van der Waals surface area contributed by atoms with Crippen molar-refractivity contribution in [2.75, 3.05) is 13.2 Å². The highest BCUT2D eigenvalue weighted by molar-refractivity contribution is 5.67. The molecule has 0 aromatic carbocycles. The van der Waals surface area contributed by atoms with E-state index < -0.39 is 0 Å². The van der Waals surface area contributed by atoms with Crippen molar-refractivity contribution in [3.63, 3.8) is 0 Å². The Bertz CT molecular complexity index is 224. The molecule has 0 spiro atoms. The van der Waals surface area contributed by atoms with E-state index in [4.69, 9.17) is 4.74 Å². The highest BCUT2D eigenvalue weighted by atomic mass is 16.5. The van der Waals surface area contributed by atoms with Crippen molar-refractivity contribution in [2.24, 2.45) is 10.9 Å². The summed E-state index contributed by atoms with van der Waals surface area (Å²) in [6.07, 6.45) is 13.1. The van der Waals surface area contributed by atoms with Gasteiger partial charge in [-0.1, -0.05) is 24.3 Å². The molecule has 0 saturated carbocycles. The van der Waals surface area contributed by atoms with Crippen LogP contribution in [0.2, 0.25) is 0 Å². The Labute approximate surface area is 79.0 Å². The molecule has 70 valence electrons. The summed E-state index contributed by atoms with van der Waals surface area (Å²) in [5.41, 5.74) is 0. The smallest absolute Gasteiger partial charge is 0.0770 e. The molecule has 0 aromatic rings. The van der Waals surface area contributed by atoms with Gasteiger partial charge in [-0.15, -0.1) is 0 Å². The lowest BCUT2D eigenvalue weighted by atomic mass is 10.2. The fourth-order valence-corrected chi connectivity index (χ4v) is 1.64. The molecule has 2 heteroatoms. The maximum absolute atomic E-state index is 5.47. The van der Waals surface area contributed by atoms with Crippen LogP contribution in [0.3, 0.4) is 0 Å². The highest BCUT2D eigenvalue weighted by Crippen LogP contribution is 2.12. The molecule has 1 fully saturated rings. The molecule has 2 nitrogen and oxygen atoms in total. The van der Waals surface area contributed by atoms with Gasteiger partial charge in [-0.3, -0.25) is 4.99 Å². The molecule has 0 unspecified atom stereocenters. The van der Waals surface area contributed by atoms with Crippen LogP contribution in [0.1, 0.15) is 12.8 Å². The molecule has 2 aliphatic rings. The van der Waals surface area contributed by atoms with Gasteiger partial charge in [-0.2, -0.15) is 0 Å². The Morgan fingerprint density at radius 2 is 2.23 bits per heavy atom. The van der Waals surface area contributed by atoms with Crippen molar-refractivity contribution >= 4 is 6.21 Å². The van der Waals surface area contributed by atoms with Crippen molar-refractivity contribution in [1.82, 2.24) is 0 Å². The average Bonchev–Trinajstić information content (AvgIpc) is 2.75. The fraction of sp³-hybridized carbons (Fsp3) is 0.545. The monoisotopic (exact) mass is 177 g/mol. The summed E-state index contributed by atoms with van der Waals surface area (Å²) in [7, 11) is 0. The van der Waals surface area contributed by atoms with E-state index in [9.17, 15) is 0 Å². The van der Waals surface area contributed by atoms with Crippen LogP contribution >= 0.6 is 0 Å². The molecule has 1 heterocycles. The minimum atomic E-state index is 0.380. The third-order valence-electron chi connectivity index (χ3n) is 2.39. The number of hydrogen-bond acceptors (Lipinski definition) is 2. The SMILES string of the molecule is C1=CC(C=NC[C@H]2CCCO2)C=C1. The van der Waals surface area contributed by atoms with E-state index in [1.54, 1.807) is 0 Å². The molecule has 0 radical (unpaired) electrons. The van der Waals surface area contributed by atoms with Crippen LogP contribution in [0.5, 0.6) is 0 Å². The normalized spacial score (nSPS) is 28.2. The van der Waals surface area contributed by atoms with Crippen molar-refractivity contribution in [2.45, 2.75) is 18.9 Å². The van der Waals surface area contributed by atoms with Gasteiger partial charge in [0.15, 0.2) is 0 Å². The number of ether oxygens (including phenoxy) is 1. The zero-order chi connectivity index (χ0) is 8.93. The van der Waals surface area contributed by atoms with Crippen LogP contribution in [0.25, 0.3) is 0 Å². The van der Waals surface area contributed by atoms with Gasteiger partial charge in [0.05, 0.1) is 12.6 Å². The van der Waals surface area contributed by atoms with Gasteiger partial charge in [0.25, 0.3) is 0 Å². The van der Waals surface area contributed by atoms with Crippen molar-refractivity contribution in [3.05, 3.63) is 24.3 Å². The van der Waals surface area contributed by atoms with Gasteiger partial charge in [0.2, 0.25) is 0 Å². The molecule has 0 amide bonds. The quantitative estimate of drug-likeness (QED) is 0.604. The van der Waals surface area contributed by atoms with Gasteiger partial charge in [0.1, 0.15) is 0 Å². The van der Waals surface area contributed by atoms with Crippen molar-refractivity contribution < 1.29 is 4.74 Å². The minimum Gasteiger partial charge on any atom is -0.376 e. The molecule has 1 aliphatic carbocycles. The molecular weight excluding hydrogens is 162 g/mol. The molecule has 1 saturated heterocycles. The van der Waals surface area contributed by atoms with Gasteiger partial charge in [0, 0.05) is 18.7 Å². The second-order valence-electron chi connectivity index (χ2n) is 3.50. The number of rotatable bonds is 3. The largest absolute Gasteiger partial charge is 0.376 e. The first-order valence-electron chi connectivity index (χ1n) is 4.92. The predicted molar refractivity (Wildman–Crippen MR) is 54.1 cm³/mol. The first-order chi connectivity index (χ1) is 6.45. The summed E-state index contributed by atoms with van der Waals surface area (Å²) in [5, 5.41) is 0. The van der Waals surface area contributed by atoms with Crippen LogP contribution in [-0.4, -0.2) is 25.5 Å². The zero-order valence-corrected chi connectivity index (χ0v) is 7.73. The lowest BCUT2D eigenvalue weighted by molar-refractivity contribution is 0.118. The Hall–Kier alpha value is -0.890. The van der Waals surface area contributed by atoms with E-state index in [2.05, 4.69) is 29.3 Å². The first kappa shape index (κ1) is 8.70. The summed E-state index contributed by atoms with van der Waals surface area (Å²) >= 11 is 0. The number of nitrogens with zero attached hydrogens (tertiary/aromatic N) is 1. The molecule has 1 aliphatic heterocycles. The standard InChI is InChI=1S/C11H15NO/c1-2-5-10(4-1)8-12-9-11-6-3-7-13-11/h1-2,4-5,8,10-11H,3,6-7,9H2/t11-/m1/s1. The second-order valence-corrected chi connectivity index (χ2v) is 3.50. The Morgan fingerprint density at radius 3 is 2.92 bits per heavy atom. The third-order valence-corrected chi connectivity index (χ3v) is 2.39. The summed E-state index contributed by atoms with van der Waals surface area (Å²) in [6, 6.07) is 0. The average molecular weight is 177 g/mol. The van der Waals surface area contributed by atoms with Gasteiger partial charge >= 0.3 is 0 Å². The third kappa shape index (κ3) is 2.52. The van der Waals surface area contributed by atoms with E-state index >= 15 is 0 Å². The lowest BCUT2D eigenvalue weighted by Crippen LogP contribution is -2.09. The summed E-state index contributed by atoms with van der Waals surface area (Å²) in [5.74, 6) is 0.418. The van der Waals surface area contributed by atoms with Crippen molar-refractivity contribution in [1.29, 1.82) is 0 Å². The number of allylic oxidation sites excluding steroid dienone is 4. The van der Waals surface area contributed by atoms with Crippen LogP contribution in [0.15, 0.2) is 29.3 Å². The van der Waals surface area contributed by atoms with Crippen LogP contribution in [-0.2, 0) is 4.74 Å². The van der Waals surface area contributed by atoms with Gasteiger partial charge in [-0.25, -0.2) is 0 Å². The van der Waals surface area contributed by atoms with Gasteiger partial charge < -0.3 is 4.74 Å². The maximum Gasteiger partial charge on any atom is 0.0770 e. The molecule has 13 heavy (non-hydrogen) atoms. The van der Waals surface area contributed by atoms with Crippen molar-refractivity contribution in [3.8, 4) is 0 Å². The van der Waals surface area contributed by atoms with Crippen LogP contribution in [0, 0.1) is 5.92 Å². The summed E-state index contributed by atoms with van der Waals surface area (Å²) < 4.78 is 5.47. The fourth-order valence-electron chi connectivity index (χ4n) is 1.64. The van der Waals surface area contributed by atoms with E-state index in [1.165, 1.54) is 12.8 Å². The predicted octanol–water partition coefficient (Wildman–Crippen LogP) is 1.98. The maximum atomic E-state index is 5.47. The molecule has 0 bridgehead atoms. The highest BCUT2D eigenvalue weighted by Gasteiger charge is 2.13. The topological polar surface area (TPSA) is 21.6 Å². The lowest BCUT2D eigenvalue weighted by Gasteiger charge is -2.04. The minimum absolute atomic E-state index is 0.380. The molecule has 0 N–H and O–H groups in total. The Balaban J connectivity index is 1.71. The van der Waals surface area contributed by atoms with Crippen LogP contribution < -0.4 is 0 Å². The van der Waals surface area contributed by atoms with E-state index in [0.717, 1.165) is 13.2 Å². The second kappa shape index (κ2) is 4.38. The molecule has 1 atom stereocenters. The van der Waals surface area contributed by atoms with Crippen LogP contribution in [0.4, 0.5) is 0 Å². The molecular formula is C11H15NO. The van der Waals surface area contributed by atoms with Gasteiger partial charge in [-0.05, 0) is 12.8 Å². The number of aliphatic imine (C=N–C) groups is 1. The first-order valence-corrected chi connectivity index (χ1v) is 4.92. The Kier molecular flexibility index (Phi) is 2.93. The van der Waals surface area contributed by atoms with E-state index in [-0.39, 0.29) is 0 Å². The molecule has 2 rings (SSSR count). The summed E-state index contributed by atoms with van der Waals surface area (Å²) in [6.45, 7) is 1.75. The zero-order valence-electron chi connectivity index (χ0n) is 7.73. The van der Waals surface area contributed by atoms with E-state index in [0.29, 0.717) is 12.0 Å². The number of hydrogen-bond donors (Lipinski definition) is 0. The summed E-state index contributed by atoms with van der Waals surface area (Å²) in [4.78, 5) is 4.38.